The van der Waals surface area contributed by atoms with E-state index in [4.69, 9.17) is 9.47 Å². The van der Waals surface area contributed by atoms with Crippen LogP contribution in [0.3, 0.4) is 0 Å². The van der Waals surface area contributed by atoms with Gasteiger partial charge in [0.05, 0.1) is 19.8 Å². The predicted octanol–water partition coefficient (Wildman–Crippen LogP) is 3.41. The number of hydrogen-bond donors (Lipinski definition) is 2. The van der Waals surface area contributed by atoms with Crippen LogP contribution in [-0.2, 0) is 17.8 Å². The predicted molar refractivity (Wildman–Crippen MR) is 106 cm³/mol. The van der Waals surface area contributed by atoms with Crippen molar-refractivity contribution in [3.63, 3.8) is 0 Å². The summed E-state index contributed by atoms with van der Waals surface area (Å²) >= 11 is 1.49. The summed E-state index contributed by atoms with van der Waals surface area (Å²) in [6.45, 7) is 3.59. The van der Waals surface area contributed by atoms with Gasteiger partial charge in [0, 0.05) is 23.4 Å². The van der Waals surface area contributed by atoms with Crippen LogP contribution in [0.4, 0.5) is 5.00 Å². The number of carbonyl (C=O) groups is 1. The third-order valence-electron chi connectivity index (χ3n) is 4.75. The van der Waals surface area contributed by atoms with Crippen molar-refractivity contribution in [1.29, 1.82) is 5.26 Å². The fourth-order valence-corrected chi connectivity index (χ4v) is 4.59. The molecule has 0 bridgehead atoms. The second-order valence-electron chi connectivity index (χ2n) is 6.48. The fraction of sp³-hybridized carbons (Fsp3) is 0.400. The average Bonchev–Trinajstić information content (AvgIpc) is 3.03. The van der Waals surface area contributed by atoms with Crippen LogP contribution in [0.1, 0.15) is 40.8 Å². The lowest BCUT2D eigenvalue weighted by Gasteiger charge is -2.17. The second kappa shape index (κ2) is 8.42. The number of methoxy groups -OCH3 is 2. The molecule has 3 rings (SSSR count). The lowest BCUT2D eigenvalue weighted by atomic mass is 9.96. The number of ether oxygens (including phenoxy) is 2. The number of rotatable bonds is 6. The maximum atomic E-state index is 12.6. The highest BCUT2D eigenvalue weighted by atomic mass is 32.1. The number of amides is 1. The summed E-state index contributed by atoms with van der Waals surface area (Å²) in [5.74, 6) is 1.12. The Bertz CT molecular complexity index is 885. The first-order valence-electron chi connectivity index (χ1n) is 8.85. The quantitative estimate of drug-likeness (QED) is 0.796. The molecule has 0 spiro atoms. The van der Waals surface area contributed by atoms with E-state index in [2.05, 4.69) is 16.7 Å². The molecule has 1 aliphatic rings. The fourth-order valence-electron chi connectivity index (χ4n) is 3.41. The van der Waals surface area contributed by atoms with Gasteiger partial charge in [-0.15, -0.1) is 11.3 Å². The zero-order valence-corrected chi connectivity index (χ0v) is 16.5. The topological polar surface area (TPSA) is 83.4 Å². The maximum Gasteiger partial charge on any atom is 0.225 e. The molecule has 2 aromatic rings. The second-order valence-corrected chi connectivity index (χ2v) is 7.59. The Morgan fingerprint density at radius 3 is 2.93 bits per heavy atom. The molecule has 1 aromatic heterocycles. The standard InChI is InChI=1S/C20H23N3O3S/c1-12(13-5-4-6-16(25-2)19(13)26-3)9-18(24)23-20-15(10-21)14-7-8-22-11-17(14)27-20/h4-6,12,22H,7-9,11H2,1-3H3,(H,23,24). The van der Waals surface area contributed by atoms with Gasteiger partial charge in [0.15, 0.2) is 11.5 Å². The molecule has 1 aliphatic heterocycles. The molecule has 142 valence electrons. The van der Waals surface area contributed by atoms with Crippen molar-refractivity contribution in [3.05, 3.63) is 39.8 Å². The van der Waals surface area contributed by atoms with Crippen LogP contribution in [0.5, 0.6) is 11.5 Å². The number of para-hydroxylation sites is 1. The Hall–Kier alpha value is -2.56. The van der Waals surface area contributed by atoms with Crippen molar-refractivity contribution in [2.24, 2.45) is 0 Å². The highest BCUT2D eigenvalue weighted by Gasteiger charge is 2.23. The third kappa shape index (κ3) is 3.92. The molecule has 0 saturated carbocycles. The first kappa shape index (κ1) is 19.2. The highest BCUT2D eigenvalue weighted by Crippen LogP contribution is 2.38. The molecule has 7 heteroatoms. The molecule has 1 aromatic carbocycles. The van der Waals surface area contributed by atoms with Gasteiger partial charge in [0.25, 0.3) is 0 Å². The van der Waals surface area contributed by atoms with Crippen LogP contribution in [-0.4, -0.2) is 26.7 Å². The molecule has 0 fully saturated rings. The summed E-state index contributed by atoms with van der Waals surface area (Å²) in [7, 11) is 3.19. The van der Waals surface area contributed by atoms with Crippen LogP contribution < -0.4 is 20.1 Å². The Morgan fingerprint density at radius 2 is 2.22 bits per heavy atom. The summed E-state index contributed by atoms with van der Waals surface area (Å²) in [6.07, 6.45) is 1.11. The van der Waals surface area contributed by atoms with E-state index >= 15 is 0 Å². The van der Waals surface area contributed by atoms with Crippen LogP contribution >= 0.6 is 11.3 Å². The Morgan fingerprint density at radius 1 is 1.41 bits per heavy atom. The summed E-state index contributed by atoms with van der Waals surface area (Å²) in [4.78, 5) is 13.8. The molecule has 1 amide bonds. The number of nitriles is 1. The van der Waals surface area contributed by atoms with Gasteiger partial charge in [-0.2, -0.15) is 5.26 Å². The van der Waals surface area contributed by atoms with Gasteiger partial charge in [-0.3, -0.25) is 4.79 Å². The molecular weight excluding hydrogens is 362 g/mol. The monoisotopic (exact) mass is 385 g/mol. The van der Waals surface area contributed by atoms with E-state index in [-0.39, 0.29) is 18.2 Å². The van der Waals surface area contributed by atoms with E-state index in [1.165, 1.54) is 11.3 Å². The van der Waals surface area contributed by atoms with E-state index in [0.717, 1.165) is 35.5 Å². The van der Waals surface area contributed by atoms with Crippen molar-refractivity contribution in [2.75, 3.05) is 26.1 Å². The number of carbonyl (C=O) groups excluding carboxylic acids is 1. The zero-order valence-electron chi connectivity index (χ0n) is 15.7. The van der Waals surface area contributed by atoms with E-state index in [1.807, 2.05) is 25.1 Å². The number of nitrogens with zero attached hydrogens (tertiary/aromatic N) is 1. The Balaban J connectivity index is 1.75. The third-order valence-corrected chi connectivity index (χ3v) is 5.90. The minimum Gasteiger partial charge on any atom is -0.493 e. The van der Waals surface area contributed by atoms with Crippen molar-refractivity contribution in [1.82, 2.24) is 5.32 Å². The Labute approximate surface area is 163 Å². The molecule has 0 aliphatic carbocycles. The lowest BCUT2D eigenvalue weighted by Crippen LogP contribution is -2.22. The minimum atomic E-state index is -0.115. The first-order chi connectivity index (χ1) is 13.1. The maximum absolute atomic E-state index is 12.6. The van der Waals surface area contributed by atoms with E-state index in [0.29, 0.717) is 22.1 Å². The molecule has 2 heterocycles. The van der Waals surface area contributed by atoms with E-state index in [1.54, 1.807) is 14.2 Å². The average molecular weight is 385 g/mol. The summed E-state index contributed by atoms with van der Waals surface area (Å²) < 4.78 is 10.8. The molecule has 6 nitrogen and oxygen atoms in total. The van der Waals surface area contributed by atoms with Gasteiger partial charge in [-0.05, 0) is 30.5 Å². The van der Waals surface area contributed by atoms with Gasteiger partial charge in [-0.1, -0.05) is 19.1 Å². The number of anilines is 1. The molecule has 0 saturated heterocycles. The normalized spacial score (nSPS) is 14.0. The number of nitrogens with one attached hydrogen (secondary N) is 2. The van der Waals surface area contributed by atoms with Crippen molar-refractivity contribution < 1.29 is 14.3 Å². The summed E-state index contributed by atoms with van der Waals surface area (Å²) in [6, 6.07) is 7.92. The number of hydrogen-bond acceptors (Lipinski definition) is 6. The van der Waals surface area contributed by atoms with Crippen molar-refractivity contribution in [2.45, 2.75) is 32.2 Å². The number of benzene rings is 1. The van der Waals surface area contributed by atoms with E-state index in [9.17, 15) is 10.1 Å². The van der Waals surface area contributed by atoms with E-state index < -0.39 is 0 Å². The smallest absolute Gasteiger partial charge is 0.225 e. The zero-order chi connectivity index (χ0) is 19.4. The first-order valence-corrected chi connectivity index (χ1v) is 9.66. The minimum absolute atomic E-state index is 0.0585. The van der Waals surface area contributed by atoms with Crippen molar-refractivity contribution >= 4 is 22.2 Å². The Kier molecular flexibility index (Phi) is 5.99. The van der Waals surface area contributed by atoms with Crippen LogP contribution in [0, 0.1) is 11.3 Å². The summed E-state index contributed by atoms with van der Waals surface area (Å²) in [5, 5.41) is 16.4. The molecule has 1 unspecified atom stereocenters. The van der Waals surface area contributed by atoms with Gasteiger partial charge < -0.3 is 20.1 Å². The highest BCUT2D eigenvalue weighted by molar-refractivity contribution is 7.16. The van der Waals surface area contributed by atoms with Gasteiger partial charge in [0.2, 0.25) is 5.91 Å². The van der Waals surface area contributed by atoms with Gasteiger partial charge >= 0.3 is 0 Å². The van der Waals surface area contributed by atoms with Crippen molar-refractivity contribution in [3.8, 4) is 17.6 Å². The molecular formula is C20H23N3O3S. The molecule has 1 atom stereocenters. The molecule has 27 heavy (non-hydrogen) atoms. The van der Waals surface area contributed by atoms with Gasteiger partial charge in [-0.25, -0.2) is 0 Å². The largest absolute Gasteiger partial charge is 0.493 e. The summed E-state index contributed by atoms with van der Waals surface area (Å²) in [5.41, 5.74) is 2.60. The molecule has 0 radical (unpaired) electrons. The van der Waals surface area contributed by atoms with Gasteiger partial charge in [0.1, 0.15) is 11.1 Å². The number of fused-ring (bicyclic) bond motifs is 1. The SMILES string of the molecule is COc1cccc(C(C)CC(=O)Nc2sc3c(c2C#N)CCNC3)c1OC. The van der Waals surface area contributed by atoms with Crippen LogP contribution in [0.2, 0.25) is 0 Å². The van der Waals surface area contributed by atoms with Crippen LogP contribution in [0.15, 0.2) is 18.2 Å². The number of thiophene rings is 1. The van der Waals surface area contributed by atoms with Crippen LogP contribution in [0.25, 0.3) is 0 Å². The lowest BCUT2D eigenvalue weighted by molar-refractivity contribution is -0.116. The molecule has 2 N–H and O–H groups in total.